The van der Waals surface area contributed by atoms with Crippen LogP contribution in [0.2, 0.25) is 0 Å². The van der Waals surface area contributed by atoms with E-state index in [1.54, 1.807) is 29.5 Å². The Hall–Kier alpha value is -3.22. The summed E-state index contributed by atoms with van der Waals surface area (Å²) in [6, 6.07) is 7.65. The molecular formula is C16H14N6O. The summed E-state index contributed by atoms with van der Waals surface area (Å²) in [4.78, 5) is 20.2. The minimum Gasteiger partial charge on any atom is -0.360 e. The van der Waals surface area contributed by atoms with Crippen LogP contribution in [0.1, 0.15) is 27.7 Å². The van der Waals surface area contributed by atoms with Gasteiger partial charge in [-0.2, -0.15) is 5.10 Å². The molecule has 3 aromatic rings. The smallest absolute Gasteiger partial charge is 0.255 e. The lowest BCUT2D eigenvalue weighted by molar-refractivity contribution is 0.0935. The van der Waals surface area contributed by atoms with Gasteiger partial charge in [0.2, 0.25) is 0 Å². The highest BCUT2D eigenvalue weighted by Gasteiger charge is 2.24. The van der Waals surface area contributed by atoms with Gasteiger partial charge in [-0.1, -0.05) is 12.1 Å². The van der Waals surface area contributed by atoms with Crippen molar-refractivity contribution in [2.24, 2.45) is 0 Å². The molecule has 1 aliphatic heterocycles. The van der Waals surface area contributed by atoms with Gasteiger partial charge >= 0.3 is 0 Å². The first-order chi connectivity index (χ1) is 11.2. The second-order valence-corrected chi connectivity index (χ2v) is 5.36. The number of nitrogens with one attached hydrogen (secondary N) is 2. The normalized spacial score (nSPS) is 16.4. The van der Waals surface area contributed by atoms with Gasteiger partial charge in [-0.15, -0.1) is 0 Å². The van der Waals surface area contributed by atoms with Crippen molar-refractivity contribution < 1.29 is 4.79 Å². The number of nitrogens with zero attached hydrogens (tertiary/aromatic N) is 4. The number of carbonyl (C=O) groups is 1. The van der Waals surface area contributed by atoms with Crippen LogP contribution in [0.3, 0.4) is 0 Å². The minimum atomic E-state index is -0.289. The molecule has 1 amide bonds. The number of benzene rings is 1. The van der Waals surface area contributed by atoms with E-state index >= 15 is 0 Å². The molecule has 0 radical (unpaired) electrons. The zero-order chi connectivity index (χ0) is 15.8. The Kier molecular flexibility index (Phi) is 3.04. The van der Waals surface area contributed by atoms with Crippen LogP contribution >= 0.6 is 0 Å². The fourth-order valence-electron chi connectivity index (χ4n) is 2.72. The first-order valence-corrected chi connectivity index (χ1v) is 7.19. The van der Waals surface area contributed by atoms with Crippen molar-refractivity contribution in [1.29, 1.82) is 0 Å². The molecule has 2 N–H and O–H groups in total. The zero-order valence-corrected chi connectivity index (χ0v) is 12.4. The number of hydrogen-bond donors (Lipinski definition) is 2. The Morgan fingerprint density at radius 3 is 2.87 bits per heavy atom. The SMILES string of the molecule is Cc1cc([C@@H]2NC(=O)c3ccncc3N2)ccc1-n1cncn1. The summed E-state index contributed by atoms with van der Waals surface area (Å²) in [6.07, 6.45) is 6.14. The predicted octanol–water partition coefficient (Wildman–Crippen LogP) is 1.82. The number of aryl methyl sites for hydroxylation is 1. The molecule has 0 spiro atoms. The molecule has 0 saturated heterocycles. The molecule has 7 heteroatoms. The summed E-state index contributed by atoms with van der Waals surface area (Å²) in [6.45, 7) is 2.00. The maximum atomic E-state index is 12.2. The van der Waals surface area contributed by atoms with E-state index in [4.69, 9.17) is 0 Å². The van der Waals surface area contributed by atoms with E-state index in [1.165, 1.54) is 6.33 Å². The van der Waals surface area contributed by atoms with Crippen molar-refractivity contribution in [2.75, 3.05) is 5.32 Å². The molecule has 7 nitrogen and oxygen atoms in total. The van der Waals surface area contributed by atoms with Crippen molar-refractivity contribution in [3.05, 3.63) is 66.0 Å². The van der Waals surface area contributed by atoms with Gasteiger partial charge in [0.25, 0.3) is 5.91 Å². The van der Waals surface area contributed by atoms with E-state index in [1.807, 2.05) is 25.1 Å². The van der Waals surface area contributed by atoms with Crippen LogP contribution in [-0.4, -0.2) is 25.7 Å². The van der Waals surface area contributed by atoms with E-state index < -0.39 is 0 Å². The Morgan fingerprint density at radius 2 is 2.09 bits per heavy atom. The fourth-order valence-corrected chi connectivity index (χ4v) is 2.72. The number of aromatic nitrogens is 4. The van der Waals surface area contributed by atoms with Crippen molar-refractivity contribution in [3.63, 3.8) is 0 Å². The molecule has 0 saturated carbocycles. The Labute approximate surface area is 132 Å². The minimum absolute atomic E-state index is 0.107. The Balaban J connectivity index is 1.67. The molecule has 114 valence electrons. The highest BCUT2D eigenvalue weighted by Crippen LogP contribution is 2.27. The topological polar surface area (TPSA) is 84.7 Å². The quantitative estimate of drug-likeness (QED) is 0.754. The highest BCUT2D eigenvalue weighted by molar-refractivity contribution is 6.01. The number of amides is 1. The first-order valence-electron chi connectivity index (χ1n) is 7.19. The molecule has 0 bridgehead atoms. The van der Waals surface area contributed by atoms with Crippen LogP contribution in [0.15, 0.2) is 49.3 Å². The van der Waals surface area contributed by atoms with Crippen molar-refractivity contribution in [2.45, 2.75) is 13.1 Å². The fraction of sp³-hybridized carbons (Fsp3) is 0.125. The summed E-state index contributed by atoms with van der Waals surface area (Å²) < 4.78 is 1.71. The van der Waals surface area contributed by atoms with Gasteiger partial charge in [0.1, 0.15) is 18.8 Å². The number of hydrogen-bond acceptors (Lipinski definition) is 5. The van der Waals surface area contributed by atoms with Crippen LogP contribution in [0.4, 0.5) is 5.69 Å². The van der Waals surface area contributed by atoms with Gasteiger partial charge in [0.15, 0.2) is 0 Å². The van der Waals surface area contributed by atoms with Crippen LogP contribution in [0.5, 0.6) is 0 Å². The molecule has 1 atom stereocenters. The van der Waals surface area contributed by atoms with Crippen molar-refractivity contribution in [3.8, 4) is 5.69 Å². The maximum absolute atomic E-state index is 12.2. The van der Waals surface area contributed by atoms with Gasteiger partial charge < -0.3 is 10.6 Å². The van der Waals surface area contributed by atoms with E-state index in [0.29, 0.717) is 5.56 Å². The van der Waals surface area contributed by atoms with Crippen molar-refractivity contribution >= 4 is 11.6 Å². The van der Waals surface area contributed by atoms with Crippen LogP contribution in [0, 0.1) is 6.92 Å². The molecule has 0 unspecified atom stereocenters. The van der Waals surface area contributed by atoms with Gasteiger partial charge in [0.05, 0.1) is 23.1 Å². The highest BCUT2D eigenvalue weighted by atomic mass is 16.2. The summed E-state index contributed by atoms with van der Waals surface area (Å²) >= 11 is 0. The van der Waals surface area contributed by atoms with Crippen LogP contribution in [-0.2, 0) is 0 Å². The lowest BCUT2D eigenvalue weighted by atomic mass is 10.0. The zero-order valence-electron chi connectivity index (χ0n) is 12.4. The lowest BCUT2D eigenvalue weighted by Gasteiger charge is -2.28. The molecule has 0 fully saturated rings. The molecule has 4 rings (SSSR count). The number of rotatable bonds is 2. The molecule has 2 aromatic heterocycles. The Bertz CT molecular complexity index is 874. The molecular weight excluding hydrogens is 292 g/mol. The van der Waals surface area contributed by atoms with E-state index in [2.05, 4.69) is 25.7 Å². The summed E-state index contributed by atoms with van der Waals surface area (Å²) in [5, 5.41) is 10.4. The van der Waals surface area contributed by atoms with Crippen LogP contribution in [0.25, 0.3) is 5.69 Å². The average molecular weight is 306 g/mol. The van der Waals surface area contributed by atoms with Gasteiger partial charge in [-0.3, -0.25) is 9.78 Å². The van der Waals surface area contributed by atoms with Crippen molar-refractivity contribution in [1.82, 2.24) is 25.1 Å². The van der Waals surface area contributed by atoms with Gasteiger partial charge in [-0.25, -0.2) is 9.67 Å². The summed E-state index contributed by atoms with van der Waals surface area (Å²) in [5.74, 6) is -0.107. The average Bonchev–Trinajstić information content (AvgIpc) is 3.09. The number of fused-ring (bicyclic) bond motifs is 1. The van der Waals surface area contributed by atoms with E-state index in [0.717, 1.165) is 22.5 Å². The number of anilines is 1. The third kappa shape index (κ3) is 2.32. The standard InChI is InChI=1S/C16H14N6O/c1-10-6-11(2-3-14(10)22-9-18-8-19-22)15-20-13-7-17-5-4-12(13)16(23)21-15/h2-9,15,20H,1H3,(H,21,23)/t15-/m0/s1. The maximum Gasteiger partial charge on any atom is 0.255 e. The van der Waals surface area contributed by atoms with Gasteiger partial charge in [-0.05, 0) is 30.2 Å². The lowest BCUT2D eigenvalue weighted by Crippen LogP contribution is -2.38. The number of carbonyl (C=O) groups excluding carboxylic acids is 1. The second-order valence-electron chi connectivity index (χ2n) is 5.36. The molecule has 1 aromatic carbocycles. The predicted molar refractivity (Wildman–Crippen MR) is 84.2 cm³/mol. The second kappa shape index (κ2) is 5.20. The summed E-state index contributed by atoms with van der Waals surface area (Å²) in [7, 11) is 0. The summed E-state index contributed by atoms with van der Waals surface area (Å²) in [5.41, 5.74) is 4.30. The molecule has 3 heterocycles. The third-order valence-electron chi connectivity index (χ3n) is 3.86. The molecule has 23 heavy (non-hydrogen) atoms. The number of pyridine rings is 1. The van der Waals surface area contributed by atoms with E-state index in [-0.39, 0.29) is 12.1 Å². The monoisotopic (exact) mass is 306 g/mol. The van der Waals surface area contributed by atoms with Gasteiger partial charge in [0, 0.05) is 6.20 Å². The van der Waals surface area contributed by atoms with Crippen LogP contribution < -0.4 is 10.6 Å². The molecule has 0 aliphatic carbocycles. The van der Waals surface area contributed by atoms with E-state index in [9.17, 15) is 4.79 Å². The largest absolute Gasteiger partial charge is 0.360 e. The Morgan fingerprint density at radius 1 is 1.17 bits per heavy atom. The molecule has 1 aliphatic rings. The first kappa shape index (κ1) is 13.4. The third-order valence-corrected chi connectivity index (χ3v) is 3.86.